The summed E-state index contributed by atoms with van der Waals surface area (Å²) in [6.07, 6.45) is 0. The Hall–Kier alpha value is -2.97. The summed E-state index contributed by atoms with van der Waals surface area (Å²) < 4.78 is 0. The molecule has 138 valence electrons. The zero-order valence-corrected chi connectivity index (χ0v) is 15.4. The molecular weight excluding hydrogens is 343 g/mol. The first-order valence-corrected chi connectivity index (χ1v) is 8.61. The number of amides is 1. The monoisotopic (exact) mass is 364 g/mol. The van der Waals surface area contributed by atoms with Crippen LogP contribution in [-0.4, -0.2) is 33.3 Å². The molecule has 0 radical (unpaired) electrons. The van der Waals surface area contributed by atoms with Crippen LogP contribution in [0.2, 0.25) is 0 Å². The second kappa shape index (κ2) is 7.34. The van der Waals surface area contributed by atoms with Crippen molar-refractivity contribution >= 4 is 40.8 Å². The number of carbonyl (C=O) groups excluding carboxylic acids is 1. The van der Waals surface area contributed by atoms with Crippen LogP contribution >= 0.6 is 0 Å². The summed E-state index contributed by atoms with van der Waals surface area (Å²) in [4.78, 5) is 12.0. The van der Waals surface area contributed by atoms with Crippen LogP contribution in [0, 0.1) is 12.8 Å². The Morgan fingerprint density at radius 1 is 1.07 bits per heavy atom. The molecule has 3 aromatic rings. The fourth-order valence-electron chi connectivity index (χ4n) is 2.83. The van der Waals surface area contributed by atoms with Crippen LogP contribution in [-0.2, 0) is 4.79 Å². The maximum atomic E-state index is 12.0. The highest BCUT2D eigenvalue weighted by Gasteiger charge is 2.19. The molecule has 7 nitrogen and oxygen atoms in total. The van der Waals surface area contributed by atoms with Gasteiger partial charge >= 0.3 is 7.12 Å². The summed E-state index contributed by atoms with van der Waals surface area (Å²) in [6, 6.07) is 10.8. The number of rotatable bonds is 4. The third-order valence-electron chi connectivity index (χ3n) is 4.44. The van der Waals surface area contributed by atoms with Crippen molar-refractivity contribution in [1.82, 2.24) is 10.2 Å². The summed E-state index contributed by atoms with van der Waals surface area (Å²) in [5.41, 5.74) is 8.88. The fraction of sp³-hybridized carbons (Fsp3) is 0.211. The van der Waals surface area contributed by atoms with Gasteiger partial charge in [0.15, 0.2) is 5.82 Å². The van der Waals surface area contributed by atoms with E-state index in [0.717, 1.165) is 27.6 Å². The van der Waals surface area contributed by atoms with Crippen molar-refractivity contribution in [3.05, 3.63) is 42.1 Å². The lowest BCUT2D eigenvalue weighted by Gasteiger charge is -2.14. The van der Waals surface area contributed by atoms with Crippen molar-refractivity contribution in [3.63, 3.8) is 0 Å². The first kappa shape index (κ1) is 18.8. The Bertz CT molecular complexity index is 1020. The van der Waals surface area contributed by atoms with Gasteiger partial charge in [0.05, 0.1) is 5.69 Å². The lowest BCUT2D eigenvalue weighted by molar-refractivity contribution is -0.118. The molecule has 0 aliphatic rings. The zero-order valence-electron chi connectivity index (χ0n) is 15.4. The van der Waals surface area contributed by atoms with Crippen LogP contribution in [0.3, 0.4) is 0 Å². The molecule has 0 bridgehead atoms. The van der Waals surface area contributed by atoms with Crippen molar-refractivity contribution in [2.75, 3.05) is 11.1 Å². The van der Waals surface area contributed by atoms with Gasteiger partial charge in [-0.15, -0.1) is 5.10 Å². The van der Waals surface area contributed by atoms with Crippen molar-refractivity contribution < 1.29 is 14.8 Å². The second-order valence-electron chi connectivity index (χ2n) is 6.75. The van der Waals surface area contributed by atoms with E-state index in [1.165, 1.54) is 0 Å². The Balaban J connectivity index is 2.07. The third kappa shape index (κ3) is 3.76. The number of aromatic nitrogens is 2. The van der Waals surface area contributed by atoms with Crippen LogP contribution in [0.4, 0.5) is 11.5 Å². The predicted octanol–water partition coefficient (Wildman–Crippen LogP) is 1.46. The van der Waals surface area contributed by atoms with Gasteiger partial charge in [0.2, 0.25) is 5.91 Å². The third-order valence-corrected chi connectivity index (χ3v) is 4.44. The van der Waals surface area contributed by atoms with Crippen LogP contribution in [0.5, 0.6) is 0 Å². The first-order chi connectivity index (χ1) is 12.8. The van der Waals surface area contributed by atoms with Crippen LogP contribution in [0.25, 0.3) is 21.9 Å². The number of anilines is 2. The van der Waals surface area contributed by atoms with Crippen molar-refractivity contribution in [2.45, 2.75) is 20.8 Å². The summed E-state index contributed by atoms with van der Waals surface area (Å²) in [7, 11) is -1.71. The fourth-order valence-corrected chi connectivity index (χ4v) is 2.83. The molecular formula is C19H21BN4O3. The minimum Gasteiger partial charge on any atom is -0.423 e. The summed E-state index contributed by atoms with van der Waals surface area (Å²) in [5, 5.41) is 31.9. The van der Waals surface area contributed by atoms with E-state index in [1.54, 1.807) is 26.0 Å². The van der Waals surface area contributed by atoms with Gasteiger partial charge in [-0.2, -0.15) is 5.10 Å². The SMILES string of the molecule is Cc1nnc(N)c2ccc(-c3ccc(NC(=O)C(C)C)c(B(O)O)c3)cc12. The van der Waals surface area contributed by atoms with Crippen molar-refractivity contribution in [2.24, 2.45) is 5.92 Å². The van der Waals surface area contributed by atoms with E-state index in [1.807, 2.05) is 31.2 Å². The van der Waals surface area contributed by atoms with Crippen LogP contribution < -0.4 is 16.5 Å². The van der Waals surface area contributed by atoms with Gasteiger partial charge in [-0.05, 0) is 36.2 Å². The van der Waals surface area contributed by atoms with Gasteiger partial charge in [-0.1, -0.05) is 32.0 Å². The minimum absolute atomic E-state index is 0.194. The van der Waals surface area contributed by atoms with Gasteiger partial charge < -0.3 is 21.1 Å². The smallest absolute Gasteiger partial charge is 0.423 e. The van der Waals surface area contributed by atoms with Gasteiger partial charge in [-0.25, -0.2) is 0 Å². The van der Waals surface area contributed by atoms with Gasteiger partial charge in [0, 0.05) is 27.8 Å². The molecule has 0 unspecified atom stereocenters. The minimum atomic E-state index is -1.71. The lowest BCUT2D eigenvalue weighted by Crippen LogP contribution is -2.34. The van der Waals surface area contributed by atoms with E-state index in [2.05, 4.69) is 15.5 Å². The lowest BCUT2D eigenvalue weighted by atomic mass is 9.77. The molecule has 0 spiro atoms. The number of nitrogens with zero attached hydrogens (tertiary/aromatic N) is 2. The largest absolute Gasteiger partial charge is 0.490 e. The maximum absolute atomic E-state index is 12.0. The molecule has 1 amide bonds. The molecule has 0 atom stereocenters. The zero-order chi connectivity index (χ0) is 19.7. The Labute approximate surface area is 157 Å². The van der Waals surface area contributed by atoms with E-state index in [9.17, 15) is 14.8 Å². The highest BCUT2D eigenvalue weighted by molar-refractivity contribution is 6.61. The van der Waals surface area contributed by atoms with Gasteiger partial charge in [-0.3, -0.25) is 4.79 Å². The van der Waals surface area contributed by atoms with Crippen molar-refractivity contribution in [3.8, 4) is 11.1 Å². The highest BCUT2D eigenvalue weighted by atomic mass is 16.4. The molecule has 1 heterocycles. The van der Waals surface area contributed by atoms with E-state index in [4.69, 9.17) is 5.73 Å². The summed E-state index contributed by atoms with van der Waals surface area (Å²) >= 11 is 0. The van der Waals surface area contributed by atoms with Crippen LogP contribution in [0.1, 0.15) is 19.5 Å². The number of hydrogen-bond donors (Lipinski definition) is 4. The Kier molecular flexibility index (Phi) is 5.11. The molecule has 0 saturated carbocycles. The number of benzene rings is 2. The number of fused-ring (bicyclic) bond motifs is 1. The number of nitrogen functional groups attached to an aromatic ring is 1. The molecule has 5 N–H and O–H groups in total. The molecule has 0 fully saturated rings. The standard InChI is InChI=1S/C19H21BN4O3/c1-10(2)19(25)22-17-7-5-13(9-16(17)20(26)27)12-4-6-14-15(8-12)11(3)23-24-18(14)21/h4-10,26-27H,1-3H3,(H2,21,24)(H,22,25). The molecule has 3 rings (SSSR count). The summed E-state index contributed by atoms with van der Waals surface area (Å²) in [6.45, 7) is 5.39. The molecule has 8 heteroatoms. The predicted molar refractivity (Wildman–Crippen MR) is 107 cm³/mol. The molecule has 0 saturated heterocycles. The Morgan fingerprint density at radius 3 is 2.41 bits per heavy atom. The van der Waals surface area contributed by atoms with E-state index in [0.29, 0.717) is 11.5 Å². The average Bonchev–Trinajstić information content (AvgIpc) is 2.64. The van der Waals surface area contributed by atoms with E-state index < -0.39 is 7.12 Å². The van der Waals surface area contributed by atoms with Gasteiger partial charge in [0.1, 0.15) is 0 Å². The highest BCUT2D eigenvalue weighted by Crippen LogP contribution is 2.28. The van der Waals surface area contributed by atoms with Crippen LogP contribution in [0.15, 0.2) is 36.4 Å². The molecule has 0 aliphatic heterocycles. The van der Waals surface area contributed by atoms with Crippen molar-refractivity contribution in [1.29, 1.82) is 0 Å². The second-order valence-corrected chi connectivity index (χ2v) is 6.75. The van der Waals surface area contributed by atoms with E-state index in [-0.39, 0.29) is 17.3 Å². The number of carbonyl (C=O) groups is 1. The normalized spacial score (nSPS) is 11.0. The molecule has 0 aliphatic carbocycles. The maximum Gasteiger partial charge on any atom is 0.490 e. The average molecular weight is 364 g/mol. The van der Waals surface area contributed by atoms with E-state index >= 15 is 0 Å². The number of hydrogen-bond acceptors (Lipinski definition) is 6. The Morgan fingerprint density at radius 2 is 1.74 bits per heavy atom. The molecule has 27 heavy (non-hydrogen) atoms. The number of aryl methyl sites for hydroxylation is 1. The number of nitrogens with two attached hydrogens (primary N) is 1. The summed E-state index contributed by atoms with van der Waals surface area (Å²) in [5.74, 6) is -0.0520. The first-order valence-electron chi connectivity index (χ1n) is 8.61. The molecule has 2 aromatic carbocycles. The number of nitrogens with one attached hydrogen (secondary N) is 1. The van der Waals surface area contributed by atoms with Gasteiger partial charge in [0.25, 0.3) is 0 Å². The topological polar surface area (TPSA) is 121 Å². The quantitative estimate of drug-likeness (QED) is 0.520. The molecule has 1 aromatic heterocycles.